The fourth-order valence-electron chi connectivity index (χ4n) is 2.79. The van der Waals surface area contributed by atoms with Crippen LogP contribution in [-0.4, -0.2) is 62.9 Å². The Labute approximate surface area is 138 Å². The number of rotatable bonds is 9. The molecule has 0 saturated carbocycles. The zero-order chi connectivity index (χ0) is 16.8. The van der Waals surface area contributed by atoms with Gasteiger partial charge in [-0.3, -0.25) is 0 Å². The molecular weight excluding hydrogens is 294 g/mol. The van der Waals surface area contributed by atoms with Crippen molar-refractivity contribution in [2.75, 3.05) is 39.5 Å². The molecule has 4 nitrogen and oxygen atoms in total. The molecule has 0 bridgehead atoms. The second kappa shape index (κ2) is 8.78. The first kappa shape index (κ1) is 20.1. The third-order valence-corrected chi connectivity index (χ3v) is 10.1. The monoisotopic (exact) mass is 331 g/mol. The molecule has 0 aromatic rings. The molecule has 1 aliphatic heterocycles. The summed E-state index contributed by atoms with van der Waals surface area (Å²) >= 11 is 0. The van der Waals surface area contributed by atoms with Crippen molar-refractivity contribution in [3.05, 3.63) is 0 Å². The molecule has 1 atom stereocenters. The fourth-order valence-corrected chi connectivity index (χ4v) is 3.88. The number of nitrogens with zero attached hydrogens (tertiary/aromatic N) is 1. The first-order valence-corrected chi connectivity index (χ1v) is 11.7. The van der Waals surface area contributed by atoms with Gasteiger partial charge in [-0.1, -0.05) is 20.8 Å². The van der Waals surface area contributed by atoms with Crippen LogP contribution in [-0.2, 0) is 4.43 Å². The molecule has 1 fully saturated rings. The first-order chi connectivity index (χ1) is 10.2. The normalized spacial score (nSPS) is 21.0. The Morgan fingerprint density at radius 2 is 1.82 bits per heavy atom. The van der Waals surface area contributed by atoms with Crippen molar-refractivity contribution >= 4 is 8.32 Å². The summed E-state index contributed by atoms with van der Waals surface area (Å²) < 4.78 is 6.21. The lowest BCUT2D eigenvalue weighted by molar-refractivity contribution is 0.107. The number of hydrogen-bond acceptors (Lipinski definition) is 4. The van der Waals surface area contributed by atoms with Gasteiger partial charge in [-0.15, -0.1) is 0 Å². The van der Waals surface area contributed by atoms with Crippen LogP contribution in [0.1, 0.15) is 40.0 Å². The number of aliphatic hydroxyl groups is 2. The van der Waals surface area contributed by atoms with E-state index in [1.165, 1.54) is 6.42 Å². The summed E-state index contributed by atoms with van der Waals surface area (Å²) in [5.41, 5.74) is 0. The number of likely N-dealkylation sites (tertiary alicyclic amines) is 1. The average Bonchev–Trinajstić information content (AvgIpc) is 2.87. The summed E-state index contributed by atoms with van der Waals surface area (Å²) in [6, 6.07) is 0. The molecule has 132 valence electrons. The Kier molecular flexibility index (Phi) is 8.02. The van der Waals surface area contributed by atoms with E-state index < -0.39 is 8.32 Å². The molecule has 0 spiro atoms. The molecule has 0 amide bonds. The zero-order valence-electron chi connectivity index (χ0n) is 15.3. The molecule has 1 rings (SSSR count). The second-order valence-electron chi connectivity index (χ2n) is 8.29. The van der Waals surface area contributed by atoms with Gasteiger partial charge in [0, 0.05) is 32.3 Å². The quantitative estimate of drug-likeness (QED) is 0.504. The van der Waals surface area contributed by atoms with E-state index in [0.29, 0.717) is 11.0 Å². The Bertz CT molecular complexity index is 314. The maximum atomic E-state index is 9.27. The van der Waals surface area contributed by atoms with Crippen LogP contribution >= 0.6 is 0 Å². The fraction of sp³-hybridized carbons (Fsp3) is 1.00. The second-order valence-corrected chi connectivity index (χ2v) is 13.1. The third-order valence-electron chi connectivity index (χ3n) is 5.58. The summed E-state index contributed by atoms with van der Waals surface area (Å²) in [5, 5.41) is 18.8. The molecule has 1 saturated heterocycles. The van der Waals surface area contributed by atoms with E-state index in [4.69, 9.17) is 4.43 Å². The summed E-state index contributed by atoms with van der Waals surface area (Å²) in [6.07, 6.45) is 3.40. The van der Waals surface area contributed by atoms with Gasteiger partial charge in [0.1, 0.15) is 0 Å². The number of unbranched alkanes of at least 4 members (excludes halogenated alkanes) is 1. The maximum Gasteiger partial charge on any atom is 0.191 e. The maximum absolute atomic E-state index is 9.27. The highest BCUT2D eigenvalue weighted by atomic mass is 28.4. The van der Waals surface area contributed by atoms with Crippen LogP contribution in [0.15, 0.2) is 0 Å². The molecule has 0 aromatic heterocycles. The Balaban J connectivity index is 2.16. The van der Waals surface area contributed by atoms with Crippen LogP contribution in [0.5, 0.6) is 0 Å². The molecule has 1 heterocycles. The van der Waals surface area contributed by atoms with Crippen LogP contribution in [0.2, 0.25) is 18.1 Å². The minimum atomic E-state index is -1.59. The minimum Gasteiger partial charge on any atom is -0.417 e. The van der Waals surface area contributed by atoms with E-state index in [1.807, 2.05) is 0 Å². The van der Waals surface area contributed by atoms with Gasteiger partial charge in [0.05, 0.1) is 0 Å². The van der Waals surface area contributed by atoms with Gasteiger partial charge < -0.3 is 19.5 Å². The lowest BCUT2D eigenvalue weighted by atomic mass is 9.93. The van der Waals surface area contributed by atoms with Crippen molar-refractivity contribution in [2.45, 2.75) is 58.2 Å². The van der Waals surface area contributed by atoms with Crippen LogP contribution in [0.4, 0.5) is 0 Å². The molecule has 0 radical (unpaired) electrons. The summed E-state index contributed by atoms with van der Waals surface area (Å²) in [7, 11) is -1.59. The molecule has 1 unspecified atom stereocenters. The Morgan fingerprint density at radius 3 is 2.36 bits per heavy atom. The van der Waals surface area contributed by atoms with Crippen molar-refractivity contribution in [3.63, 3.8) is 0 Å². The van der Waals surface area contributed by atoms with Gasteiger partial charge in [0.15, 0.2) is 8.32 Å². The lowest BCUT2D eigenvalue weighted by Gasteiger charge is -2.36. The van der Waals surface area contributed by atoms with Crippen molar-refractivity contribution in [1.29, 1.82) is 0 Å². The summed E-state index contributed by atoms with van der Waals surface area (Å²) in [5.74, 6) is 0.519. The zero-order valence-corrected chi connectivity index (χ0v) is 16.3. The predicted molar refractivity (Wildman–Crippen MR) is 94.6 cm³/mol. The highest BCUT2D eigenvalue weighted by Gasteiger charge is 2.36. The van der Waals surface area contributed by atoms with Gasteiger partial charge in [-0.25, -0.2) is 0 Å². The van der Waals surface area contributed by atoms with Crippen LogP contribution in [0.3, 0.4) is 0 Å². The summed E-state index contributed by atoms with van der Waals surface area (Å²) in [6.45, 7) is 15.8. The van der Waals surface area contributed by atoms with Crippen molar-refractivity contribution < 1.29 is 14.6 Å². The molecule has 0 aromatic carbocycles. The molecular formula is C17H37NO3Si. The van der Waals surface area contributed by atoms with Gasteiger partial charge in [0.2, 0.25) is 0 Å². The van der Waals surface area contributed by atoms with Crippen molar-refractivity contribution in [1.82, 2.24) is 4.90 Å². The van der Waals surface area contributed by atoms with E-state index in [1.54, 1.807) is 0 Å². The largest absolute Gasteiger partial charge is 0.417 e. The van der Waals surface area contributed by atoms with E-state index in [0.717, 1.165) is 39.1 Å². The topological polar surface area (TPSA) is 52.9 Å². The van der Waals surface area contributed by atoms with Gasteiger partial charge in [0.25, 0.3) is 0 Å². The highest BCUT2D eigenvalue weighted by Crippen LogP contribution is 2.36. The van der Waals surface area contributed by atoms with Crippen LogP contribution in [0.25, 0.3) is 0 Å². The smallest absolute Gasteiger partial charge is 0.191 e. The molecule has 1 aliphatic rings. The Morgan fingerprint density at radius 1 is 1.18 bits per heavy atom. The van der Waals surface area contributed by atoms with Gasteiger partial charge in [-0.05, 0) is 56.4 Å². The van der Waals surface area contributed by atoms with Gasteiger partial charge >= 0.3 is 0 Å². The van der Waals surface area contributed by atoms with E-state index in [2.05, 4.69) is 38.8 Å². The van der Waals surface area contributed by atoms with Gasteiger partial charge in [-0.2, -0.15) is 0 Å². The van der Waals surface area contributed by atoms with Crippen molar-refractivity contribution in [2.24, 2.45) is 11.8 Å². The lowest BCUT2D eigenvalue weighted by Crippen LogP contribution is -2.41. The third kappa shape index (κ3) is 5.93. The predicted octanol–water partition coefficient (Wildman–Crippen LogP) is 2.71. The number of aliphatic hydroxyl groups excluding tert-OH is 2. The Hall–Kier alpha value is 0.0569. The highest BCUT2D eigenvalue weighted by molar-refractivity contribution is 6.74. The molecule has 22 heavy (non-hydrogen) atoms. The summed E-state index contributed by atoms with van der Waals surface area (Å²) in [4.78, 5) is 2.47. The van der Waals surface area contributed by atoms with E-state index in [-0.39, 0.29) is 19.1 Å². The first-order valence-electron chi connectivity index (χ1n) is 8.79. The molecule has 5 heteroatoms. The van der Waals surface area contributed by atoms with Crippen LogP contribution < -0.4 is 0 Å². The minimum absolute atomic E-state index is 0.0620. The molecule has 0 aliphatic carbocycles. The van der Waals surface area contributed by atoms with E-state index in [9.17, 15) is 10.2 Å². The number of hydrogen-bond donors (Lipinski definition) is 2. The average molecular weight is 332 g/mol. The van der Waals surface area contributed by atoms with E-state index >= 15 is 0 Å². The SMILES string of the molecule is CC(C)(C)[Si](C)(C)OCCCCN1CCC(C(CO)CO)C1. The van der Waals surface area contributed by atoms with Crippen LogP contribution in [0, 0.1) is 11.8 Å². The standard InChI is InChI=1S/C17H37NO3Si/c1-17(2,3)22(4,5)21-11-7-6-9-18-10-8-15(12-18)16(13-19)14-20/h15-16,19-20H,6-14H2,1-5H3. The van der Waals surface area contributed by atoms with Crippen molar-refractivity contribution in [3.8, 4) is 0 Å². The molecule has 2 N–H and O–H groups in total.